The van der Waals surface area contributed by atoms with Gasteiger partial charge in [0.05, 0.1) is 44.5 Å². The molecule has 412 valence electrons. The third-order valence-electron chi connectivity index (χ3n) is 21.1. The van der Waals surface area contributed by atoms with Crippen LogP contribution < -0.4 is 13.7 Å². The molecule has 0 amide bonds. The maximum Gasteiger partial charge on any atom is 0.295 e. The van der Waals surface area contributed by atoms with E-state index in [0.29, 0.717) is 10.8 Å². The van der Waals surface area contributed by atoms with Crippen molar-refractivity contribution in [2.24, 2.45) is 21.1 Å². The van der Waals surface area contributed by atoms with Gasteiger partial charge in [-0.25, -0.2) is 13.7 Å². The quantitative estimate of drug-likeness (QED) is 0.122. The second kappa shape index (κ2) is 18.3. The molecular weight excluding hydrogens is 1010 g/mol. The van der Waals surface area contributed by atoms with E-state index in [-0.39, 0.29) is 5.41 Å². The minimum atomic E-state index is -0.0176. The van der Waals surface area contributed by atoms with Gasteiger partial charge < -0.3 is 0 Å². The Bertz CT molecular complexity index is 4920. The standard InChI is InChI=1S/C28H27N2.C26H27N2.C23H23N2/c1-18-10-8-11-19(2)27(18)24-17-29(5)26(16-21(24)4)30-25-15-7-6-13-22(25)23-14-9-12-20(3)28(23)30;1-17-8-5-9-18-19-10-6-11-20-23(19)28-21(16-27(2)24(28)22(17)18)26-13-4-3-12-25(20,26)14-7-15-26;1-14-12-13-24(5)22-19(14)23(3,4)18-11-7-10-17-16-9-6-8-15(2)20(16)25(22)21(17)18/h6-17H,1-5H3;5-6,8-11,16H,3-4,7,12-15H2,1-2H3;6-13H,1-5H3/q3*+1. The van der Waals surface area contributed by atoms with Crippen LogP contribution in [0.1, 0.15) is 120 Å². The van der Waals surface area contributed by atoms with Gasteiger partial charge >= 0.3 is 0 Å². The van der Waals surface area contributed by atoms with Crippen LogP contribution in [0.25, 0.3) is 93.7 Å². The van der Waals surface area contributed by atoms with Gasteiger partial charge in [-0.05, 0) is 155 Å². The van der Waals surface area contributed by atoms with E-state index in [0.717, 1.165) is 0 Å². The second-order valence-electron chi connectivity index (χ2n) is 26.1. The van der Waals surface area contributed by atoms with Crippen LogP contribution in [0.15, 0.2) is 164 Å². The van der Waals surface area contributed by atoms with E-state index in [1.165, 1.54) is 189 Å². The number of pyridine rings is 3. The molecule has 83 heavy (non-hydrogen) atoms. The van der Waals surface area contributed by atoms with Crippen molar-refractivity contribution >= 4 is 70.9 Å². The largest absolute Gasteiger partial charge is 0.295 e. The Morgan fingerprint density at radius 1 is 0.422 bits per heavy atom. The molecule has 6 nitrogen and oxygen atoms in total. The summed E-state index contributed by atoms with van der Waals surface area (Å²) in [6.45, 7) is 20.3. The fourth-order valence-electron chi connectivity index (χ4n) is 17.6. The third kappa shape index (κ3) is 6.93. The van der Waals surface area contributed by atoms with Gasteiger partial charge in [0.15, 0.2) is 5.69 Å². The Balaban J connectivity index is 0.000000107. The predicted octanol–water partition coefficient (Wildman–Crippen LogP) is 17.0. The highest BCUT2D eigenvalue weighted by Gasteiger charge is 2.63. The summed E-state index contributed by atoms with van der Waals surface area (Å²) in [5.41, 5.74) is 26.9. The van der Waals surface area contributed by atoms with Crippen LogP contribution in [0.4, 0.5) is 0 Å². The number of imidazole rings is 1. The Hall–Kier alpha value is -8.35. The molecule has 6 heteroatoms. The number of para-hydroxylation sites is 5. The van der Waals surface area contributed by atoms with Crippen LogP contribution >= 0.6 is 0 Å². The minimum Gasteiger partial charge on any atom is -0.236 e. The normalized spacial score (nSPS) is 18.2. The van der Waals surface area contributed by atoms with E-state index in [2.05, 4.69) is 275 Å². The molecule has 8 heterocycles. The molecule has 4 aliphatic rings. The topological polar surface area (TPSA) is 25.9 Å². The van der Waals surface area contributed by atoms with E-state index in [1.54, 1.807) is 11.3 Å². The number of hydrogen-bond donors (Lipinski definition) is 0. The molecule has 2 fully saturated rings. The molecule has 0 saturated heterocycles. The molecule has 0 N–H and O–H groups in total. The minimum absolute atomic E-state index is 0.0176. The Morgan fingerprint density at radius 2 is 0.964 bits per heavy atom. The van der Waals surface area contributed by atoms with E-state index in [4.69, 9.17) is 0 Å². The molecule has 2 atom stereocenters. The van der Waals surface area contributed by atoms with Crippen molar-refractivity contribution in [1.82, 2.24) is 13.5 Å². The first-order valence-corrected chi connectivity index (χ1v) is 30.5. The highest BCUT2D eigenvalue weighted by Crippen LogP contribution is 2.66. The smallest absolute Gasteiger partial charge is 0.236 e. The lowest BCUT2D eigenvalue weighted by Crippen LogP contribution is -2.50. The summed E-state index contributed by atoms with van der Waals surface area (Å²) in [7, 11) is 6.59. The summed E-state index contributed by atoms with van der Waals surface area (Å²) in [6, 6.07) is 53.9. The van der Waals surface area contributed by atoms with Gasteiger partial charge in [0, 0.05) is 71.3 Å². The molecule has 2 saturated carbocycles. The monoisotopic (exact) mass is 1090 g/mol. The fourth-order valence-corrected chi connectivity index (χ4v) is 17.6. The SMILES string of the molecule is Cc1cc(-n2c3ccccc3c3cccc(C)c32)[n+](C)cc1-c1c(C)cccc1C.Cc1cc[n+](C)c2c1C(C)(C)c1cccc3c4cccc(C)c4n-2c13.Cc1cccc2c3cccc4c3n3c(c[n+](C)c3c12)C12CCCCC41CCC2. The molecule has 6 aromatic heterocycles. The van der Waals surface area contributed by atoms with Crippen molar-refractivity contribution in [1.29, 1.82) is 0 Å². The average Bonchev–Trinajstić information content (AvgIpc) is 1.93. The van der Waals surface area contributed by atoms with Crippen molar-refractivity contribution in [2.45, 2.75) is 124 Å². The van der Waals surface area contributed by atoms with E-state index in [1.807, 2.05) is 0 Å². The number of hydrogen-bond acceptors (Lipinski definition) is 0. The molecule has 0 bridgehead atoms. The number of nitrogens with zero attached hydrogens (tertiary/aromatic N) is 6. The van der Waals surface area contributed by atoms with E-state index in [9.17, 15) is 0 Å². The molecule has 0 radical (unpaired) electrons. The Kier molecular flexibility index (Phi) is 11.4. The summed E-state index contributed by atoms with van der Waals surface area (Å²) >= 11 is 0. The summed E-state index contributed by atoms with van der Waals surface area (Å²) < 4.78 is 14.6. The van der Waals surface area contributed by atoms with Crippen molar-refractivity contribution in [3.05, 3.63) is 226 Å². The van der Waals surface area contributed by atoms with Crippen molar-refractivity contribution < 1.29 is 13.7 Å². The summed E-state index contributed by atoms with van der Waals surface area (Å²) in [6.07, 6.45) is 16.6. The number of aromatic nitrogens is 6. The highest BCUT2D eigenvalue weighted by molar-refractivity contribution is 6.14. The molecule has 2 aliphatic carbocycles. The van der Waals surface area contributed by atoms with Gasteiger partial charge in [0.25, 0.3) is 17.3 Å². The zero-order chi connectivity index (χ0) is 57.2. The average molecular weight is 1090 g/mol. The maximum absolute atomic E-state index is 2.69. The predicted molar refractivity (Wildman–Crippen MR) is 344 cm³/mol. The van der Waals surface area contributed by atoms with Gasteiger partial charge in [-0.3, -0.25) is 0 Å². The molecule has 7 aromatic carbocycles. The Labute approximate surface area is 488 Å². The summed E-state index contributed by atoms with van der Waals surface area (Å²) in [5.74, 6) is 2.49. The number of aryl methyl sites for hydroxylation is 10. The van der Waals surface area contributed by atoms with Crippen LogP contribution in [0.5, 0.6) is 0 Å². The van der Waals surface area contributed by atoms with Crippen LogP contribution in [0, 0.1) is 48.5 Å². The zero-order valence-electron chi connectivity index (χ0n) is 50.7. The first kappa shape index (κ1) is 51.5. The van der Waals surface area contributed by atoms with Gasteiger partial charge in [-0.15, -0.1) is 0 Å². The fraction of sp³-hybridized carbons (Fsp3) is 0.286. The third-order valence-corrected chi connectivity index (χ3v) is 21.1. The first-order chi connectivity index (χ1) is 40.1. The van der Waals surface area contributed by atoms with Gasteiger partial charge in [-0.2, -0.15) is 13.5 Å². The van der Waals surface area contributed by atoms with E-state index < -0.39 is 0 Å². The number of fused-ring (bicyclic) bond motifs is 11. The van der Waals surface area contributed by atoms with Gasteiger partial charge in [0.1, 0.15) is 33.8 Å². The van der Waals surface area contributed by atoms with Crippen LogP contribution in [0.3, 0.4) is 0 Å². The summed E-state index contributed by atoms with van der Waals surface area (Å²) in [5, 5.41) is 9.61. The highest BCUT2D eigenvalue weighted by atomic mass is 15.2. The molecule has 17 rings (SSSR count). The van der Waals surface area contributed by atoms with Crippen LogP contribution in [0.2, 0.25) is 0 Å². The second-order valence-corrected chi connectivity index (χ2v) is 26.1. The van der Waals surface area contributed by atoms with Crippen molar-refractivity contribution in [2.75, 3.05) is 0 Å². The maximum atomic E-state index is 2.69. The lowest BCUT2D eigenvalue weighted by molar-refractivity contribution is -0.666. The molecule has 2 aliphatic heterocycles. The van der Waals surface area contributed by atoms with Crippen molar-refractivity contribution in [3.8, 4) is 22.8 Å². The molecular formula is C77H77N6+3. The molecule has 0 spiro atoms. The molecule has 13 aromatic rings. The van der Waals surface area contributed by atoms with Crippen LogP contribution in [-0.4, -0.2) is 13.5 Å². The first-order valence-electron chi connectivity index (χ1n) is 30.5. The summed E-state index contributed by atoms with van der Waals surface area (Å²) in [4.78, 5) is 0. The molecule has 2 unspecified atom stereocenters. The van der Waals surface area contributed by atoms with Crippen LogP contribution in [-0.2, 0) is 37.4 Å². The number of rotatable bonds is 2. The van der Waals surface area contributed by atoms with E-state index >= 15 is 0 Å². The van der Waals surface area contributed by atoms with Crippen molar-refractivity contribution in [3.63, 3.8) is 0 Å². The Morgan fingerprint density at radius 3 is 1.69 bits per heavy atom. The zero-order valence-corrected chi connectivity index (χ0v) is 50.7. The lowest BCUT2D eigenvalue weighted by Gasteiger charge is -2.50. The van der Waals surface area contributed by atoms with Gasteiger partial charge in [-0.1, -0.05) is 136 Å². The number of benzene rings is 7. The lowest BCUT2D eigenvalue weighted by atomic mass is 9.52. The van der Waals surface area contributed by atoms with Gasteiger partial charge in [0.2, 0.25) is 0 Å².